The van der Waals surface area contributed by atoms with E-state index < -0.39 is 0 Å². The molecule has 5 atom stereocenters. The predicted octanol–water partition coefficient (Wildman–Crippen LogP) is 2.57. The van der Waals surface area contributed by atoms with Crippen LogP contribution in [-0.2, 0) is 23.8 Å². The van der Waals surface area contributed by atoms with Crippen molar-refractivity contribution >= 4 is 11.9 Å². The van der Waals surface area contributed by atoms with Crippen LogP contribution in [0.2, 0.25) is 0 Å². The van der Waals surface area contributed by atoms with E-state index in [2.05, 4.69) is 27.7 Å². The van der Waals surface area contributed by atoms with Gasteiger partial charge >= 0.3 is 11.9 Å². The van der Waals surface area contributed by atoms with Crippen molar-refractivity contribution < 1.29 is 23.8 Å². The maximum Gasteiger partial charge on any atom is 0.303 e. The molecule has 122 valence electrons. The van der Waals surface area contributed by atoms with Crippen molar-refractivity contribution in [1.29, 1.82) is 0 Å². The first-order valence-electron chi connectivity index (χ1n) is 7.50. The van der Waals surface area contributed by atoms with Gasteiger partial charge in [0.25, 0.3) is 0 Å². The first-order valence-corrected chi connectivity index (χ1v) is 7.50. The third-order valence-electron chi connectivity index (χ3n) is 4.16. The molecule has 0 aromatic heterocycles. The maximum absolute atomic E-state index is 11.4. The summed E-state index contributed by atoms with van der Waals surface area (Å²) in [6.45, 7) is 13.3. The van der Waals surface area contributed by atoms with Gasteiger partial charge in [-0.25, -0.2) is 0 Å². The summed E-state index contributed by atoms with van der Waals surface area (Å²) in [5.74, 6) is -0.344. The van der Waals surface area contributed by atoms with Crippen LogP contribution in [0.4, 0.5) is 0 Å². The molecule has 0 aromatic carbocycles. The highest BCUT2D eigenvalue weighted by Crippen LogP contribution is 2.40. The highest BCUT2D eigenvalue weighted by Gasteiger charge is 2.48. The van der Waals surface area contributed by atoms with Crippen LogP contribution in [-0.4, -0.2) is 36.9 Å². The second-order valence-corrected chi connectivity index (χ2v) is 7.06. The molecule has 1 saturated heterocycles. The molecule has 1 fully saturated rings. The molecule has 5 heteroatoms. The Morgan fingerprint density at radius 1 is 1.05 bits per heavy atom. The minimum atomic E-state index is -0.312. The Labute approximate surface area is 127 Å². The molecule has 0 spiro atoms. The van der Waals surface area contributed by atoms with Gasteiger partial charge in [0.2, 0.25) is 0 Å². The quantitative estimate of drug-likeness (QED) is 0.750. The van der Waals surface area contributed by atoms with Gasteiger partial charge in [0.1, 0.15) is 18.8 Å². The average Bonchev–Trinajstić information content (AvgIpc) is 2.31. The average molecular weight is 300 g/mol. The lowest BCUT2D eigenvalue weighted by molar-refractivity contribution is -0.224. The van der Waals surface area contributed by atoms with Gasteiger partial charge in [-0.05, 0) is 11.3 Å². The monoisotopic (exact) mass is 300 g/mol. The number of hydrogen-bond acceptors (Lipinski definition) is 5. The summed E-state index contributed by atoms with van der Waals surface area (Å²) in [5.41, 5.74) is -0.178. The molecule has 0 N–H and O–H groups in total. The lowest BCUT2D eigenvalue weighted by atomic mass is 9.74. The largest absolute Gasteiger partial charge is 0.463 e. The van der Waals surface area contributed by atoms with Crippen molar-refractivity contribution in [3.63, 3.8) is 0 Å². The Morgan fingerprint density at radius 3 is 2.05 bits per heavy atom. The van der Waals surface area contributed by atoms with Gasteiger partial charge in [-0.2, -0.15) is 0 Å². The third-order valence-corrected chi connectivity index (χ3v) is 4.16. The number of esters is 2. The summed E-state index contributed by atoms with van der Waals surface area (Å²) in [6.07, 6.45) is -0.695. The van der Waals surface area contributed by atoms with Crippen LogP contribution in [0.25, 0.3) is 0 Å². The summed E-state index contributed by atoms with van der Waals surface area (Å²) in [7, 11) is 0. The maximum atomic E-state index is 11.4. The molecular weight excluding hydrogens is 272 g/mol. The van der Waals surface area contributed by atoms with Crippen LogP contribution in [0.5, 0.6) is 0 Å². The van der Waals surface area contributed by atoms with Crippen molar-refractivity contribution in [2.24, 2.45) is 17.3 Å². The standard InChI is InChI=1S/C16H28O5/c1-9-10(2)14(20-12(4)18)15(16(5,6)7)21-13(9)8-19-11(3)17/h9-10,13-15H,8H2,1-7H3/t9-,10+,13?,14?,15-/m1/s1. The summed E-state index contributed by atoms with van der Waals surface area (Å²) in [4.78, 5) is 22.4. The van der Waals surface area contributed by atoms with Crippen LogP contribution in [0, 0.1) is 17.3 Å². The molecule has 0 saturated carbocycles. The first kappa shape index (κ1) is 18.0. The van der Waals surface area contributed by atoms with Gasteiger partial charge in [-0.1, -0.05) is 34.6 Å². The molecule has 1 rings (SSSR count). The fourth-order valence-corrected chi connectivity index (χ4v) is 2.75. The van der Waals surface area contributed by atoms with Crippen LogP contribution >= 0.6 is 0 Å². The van der Waals surface area contributed by atoms with Gasteiger partial charge in [0.05, 0.1) is 6.10 Å². The summed E-state index contributed by atoms with van der Waals surface area (Å²) in [5, 5.41) is 0. The highest BCUT2D eigenvalue weighted by molar-refractivity contribution is 5.66. The van der Waals surface area contributed by atoms with E-state index in [9.17, 15) is 9.59 Å². The molecule has 1 aliphatic rings. The van der Waals surface area contributed by atoms with E-state index in [0.29, 0.717) is 0 Å². The normalized spacial score (nSPS) is 33.4. The molecule has 0 amide bonds. The zero-order valence-corrected chi connectivity index (χ0v) is 14.1. The number of hydrogen-bond donors (Lipinski definition) is 0. The molecule has 0 aliphatic carbocycles. The lowest BCUT2D eigenvalue weighted by Gasteiger charge is -2.48. The lowest BCUT2D eigenvalue weighted by Crippen LogP contribution is -2.56. The van der Waals surface area contributed by atoms with Crippen molar-refractivity contribution in [1.82, 2.24) is 0 Å². The molecule has 1 heterocycles. The number of ether oxygens (including phenoxy) is 3. The number of carbonyl (C=O) groups excluding carboxylic acids is 2. The molecule has 1 aliphatic heterocycles. The van der Waals surface area contributed by atoms with E-state index in [0.717, 1.165) is 0 Å². The van der Waals surface area contributed by atoms with E-state index in [4.69, 9.17) is 14.2 Å². The minimum Gasteiger partial charge on any atom is -0.463 e. The fourth-order valence-electron chi connectivity index (χ4n) is 2.75. The van der Waals surface area contributed by atoms with Gasteiger partial charge in [0.15, 0.2) is 0 Å². The Balaban J connectivity index is 2.93. The van der Waals surface area contributed by atoms with Crippen LogP contribution in [0.15, 0.2) is 0 Å². The van der Waals surface area contributed by atoms with Crippen LogP contribution < -0.4 is 0 Å². The highest BCUT2D eigenvalue weighted by atomic mass is 16.6. The SMILES string of the molecule is CC(=O)OCC1O[C@@H](C(C)(C)C)C(OC(C)=O)[C@@H](C)[C@H]1C. The Morgan fingerprint density at radius 2 is 1.62 bits per heavy atom. The smallest absolute Gasteiger partial charge is 0.303 e. The zero-order chi connectivity index (χ0) is 16.4. The molecule has 21 heavy (non-hydrogen) atoms. The summed E-state index contributed by atoms with van der Waals surface area (Å²) >= 11 is 0. The Kier molecular flexibility index (Phi) is 5.79. The topological polar surface area (TPSA) is 61.8 Å². The van der Waals surface area contributed by atoms with Gasteiger partial charge < -0.3 is 14.2 Å². The second kappa shape index (κ2) is 6.77. The summed E-state index contributed by atoms with van der Waals surface area (Å²) in [6, 6.07) is 0. The molecule has 5 nitrogen and oxygen atoms in total. The van der Waals surface area contributed by atoms with E-state index >= 15 is 0 Å². The van der Waals surface area contributed by atoms with Crippen LogP contribution in [0.1, 0.15) is 48.5 Å². The number of carbonyl (C=O) groups is 2. The van der Waals surface area contributed by atoms with E-state index in [1.54, 1.807) is 0 Å². The minimum absolute atomic E-state index is 0.132. The second-order valence-electron chi connectivity index (χ2n) is 7.06. The molecule has 0 bridgehead atoms. The Bertz CT molecular complexity index is 383. The molecule has 0 radical (unpaired) electrons. The van der Waals surface area contributed by atoms with Crippen molar-refractivity contribution in [2.45, 2.75) is 66.8 Å². The van der Waals surface area contributed by atoms with Gasteiger partial charge in [-0.3, -0.25) is 9.59 Å². The third kappa shape index (κ3) is 4.70. The van der Waals surface area contributed by atoms with Crippen molar-refractivity contribution in [3.05, 3.63) is 0 Å². The predicted molar refractivity (Wildman–Crippen MR) is 78.6 cm³/mol. The van der Waals surface area contributed by atoms with E-state index in [1.807, 2.05) is 6.92 Å². The van der Waals surface area contributed by atoms with Gasteiger partial charge in [-0.15, -0.1) is 0 Å². The van der Waals surface area contributed by atoms with Crippen LogP contribution in [0.3, 0.4) is 0 Å². The molecule has 2 unspecified atom stereocenters. The number of rotatable bonds is 3. The fraction of sp³-hybridized carbons (Fsp3) is 0.875. The zero-order valence-electron chi connectivity index (χ0n) is 14.1. The van der Waals surface area contributed by atoms with Crippen molar-refractivity contribution in [3.8, 4) is 0 Å². The summed E-state index contributed by atoms with van der Waals surface area (Å²) < 4.78 is 16.8. The Hall–Kier alpha value is -1.10. The van der Waals surface area contributed by atoms with E-state index in [-0.39, 0.29) is 54.1 Å². The molecular formula is C16H28O5. The van der Waals surface area contributed by atoms with Crippen molar-refractivity contribution in [2.75, 3.05) is 6.61 Å². The van der Waals surface area contributed by atoms with Gasteiger partial charge in [0, 0.05) is 19.8 Å². The molecule has 0 aromatic rings. The van der Waals surface area contributed by atoms with E-state index in [1.165, 1.54) is 13.8 Å². The first-order chi connectivity index (χ1) is 9.54.